The van der Waals surface area contributed by atoms with Gasteiger partial charge in [-0.3, -0.25) is 0 Å². The Balaban J connectivity index is 2.00. The smallest absolute Gasteiger partial charge is 0.0552 e. The van der Waals surface area contributed by atoms with E-state index in [9.17, 15) is 0 Å². The molecule has 0 aromatic heterocycles. The van der Waals surface area contributed by atoms with E-state index in [2.05, 4.69) is 31.2 Å². The molecule has 2 nitrogen and oxygen atoms in total. The van der Waals surface area contributed by atoms with E-state index in [1.165, 1.54) is 49.8 Å². The Morgan fingerprint density at radius 3 is 2.94 bits per heavy atom. The van der Waals surface area contributed by atoms with Gasteiger partial charge >= 0.3 is 0 Å². The molecule has 88 valence electrons. The fourth-order valence-electron chi connectivity index (χ4n) is 2.55. The van der Waals surface area contributed by atoms with E-state index in [4.69, 9.17) is 5.84 Å². The highest BCUT2D eigenvalue weighted by Gasteiger charge is 2.22. The molecule has 0 saturated carbocycles. The number of nitrogens with zero attached hydrogens (tertiary/aromatic N) is 1. The summed E-state index contributed by atoms with van der Waals surface area (Å²) in [6.45, 7) is 2.25. The Kier molecular flexibility index (Phi) is 3.83. The third-order valence-corrected chi connectivity index (χ3v) is 3.55. The highest BCUT2D eigenvalue weighted by Crippen LogP contribution is 2.29. The number of hydrogen-bond donors (Lipinski definition) is 1. The van der Waals surface area contributed by atoms with E-state index in [0.717, 1.165) is 0 Å². The molecule has 0 fully saturated rings. The summed E-state index contributed by atoms with van der Waals surface area (Å²) >= 11 is 0. The second kappa shape index (κ2) is 5.35. The number of para-hydroxylation sites is 1. The summed E-state index contributed by atoms with van der Waals surface area (Å²) in [4.78, 5) is 0. The standard InChI is InChI=1S/C14H22N2/c1-2-3-4-8-13-11-10-12-7-5-6-9-14(12)16(13)15/h5-7,9,13H,2-4,8,10-11,15H2,1H3. The van der Waals surface area contributed by atoms with Crippen molar-refractivity contribution in [1.29, 1.82) is 0 Å². The summed E-state index contributed by atoms with van der Waals surface area (Å²) in [7, 11) is 0. The molecule has 1 aromatic carbocycles. The van der Waals surface area contributed by atoms with Crippen molar-refractivity contribution in [2.75, 3.05) is 5.01 Å². The number of unbranched alkanes of at least 4 members (excludes halogenated alkanes) is 2. The van der Waals surface area contributed by atoms with Crippen LogP contribution in [0.2, 0.25) is 0 Å². The molecule has 1 aliphatic heterocycles. The van der Waals surface area contributed by atoms with Gasteiger partial charge in [0.2, 0.25) is 0 Å². The number of nitrogens with two attached hydrogens (primary N) is 1. The predicted octanol–water partition coefficient (Wildman–Crippen LogP) is 3.26. The lowest BCUT2D eigenvalue weighted by Gasteiger charge is -2.35. The Bertz CT molecular complexity index is 335. The summed E-state index contributed by atoms with van der Waals surface area (Å²) in [6.07, 6.45) is 7.54. The van der Waals surface area contributed by atoms with Gasteiger partial charge in [0.15, 0.2) is 0 Å². The van der Waals surface area contributed by atoms with Crippen molar-refractivity contribution in [1.82, 2.24) is 0 Å². The van der Waals surface area contributed by atoms with Crippen LogP contribution in [-0.2, 0) is 6.42 Å². The maximum atomic E-state index is 6.21. The molecule has 2 rings (SSSR count). The average molecular weight is 218 g/mol. The predicted molar refractivity (Wildman–Crippen MR) is 69.4 cm³/mol. The molecule has 0 amide bonds. The first-order valence-electron chi connectivity index (χ1n) is 6.44. The van der Waals surface area contributed by atoms with Gasteiger partial charge in [-0.15, -0.1) is 0 Å². The molecule has 0 aliphatic carbocycles. The van der Waals surface area contributed by atoms with Crippen molar-refractivity contribution in [3.05, 3.63) is 29.8 Å². The van der Waals surface area contributed by atoms with Gasteiger partial charge in [0, 0.05) is 6.04 Å². The first-order valence-corrected chi connectivity index (χ1v) is 6.44. The van der Waals surface area contributed by atoms with Crippen LogP contribution in [0.15, 0.2) is 24.3 Å². The van der Waals surface area contributed by atoms with Gasteiger partial charge in [-0.1, -0.05) is 44.4 Å². The van der Waals surface area contributed by atoms with Crippen molar-refractivity contribution >= 4 is 5.69 Å². The molecular formula is C14H22N2. The number of hydrogen-bond acceptors (Lipinski definition) is 2. The summed E-state index contributed by atoms with van der Waals surface area (Å²) in [5.74, 6) is 6.21. The fourth-order valence-corrected chi connectivity index (χ4v) is 2.55. The lowest BCUT2D eigenvalue weighted by molar-refractivity contribution is 0.478. The highest BCUT2D eigenvalue weighted by atomic mass is 15.4. The van der Waals surface area contributed by atoms with Crippen molar-refractivity contribution in [2.24, 2.45) is 5.84 Å². The monoisotopic (exact) mass is 218 g/mol. The van der Waals surface area contributed by atoms with Gasteiger partial charge in [0.25, 0.3) is 0 Å². The average Bonchev–Trinajstić information content (AvgIpc) is 2.33. The Labute approximate surface area is 98.4 Å². The number of anilines is 1. The minimum atomic E-state index is 0.543. The van der Waals surface area contributed by atoms with Gasteiger partial charge in [0.05, 0.1) is 5.69 Å². The largest absolute Gasteiger partial charge is 0.308 e. The third-order valence-electron chi connectivity index (χ3n) is 3.55. The molecular weight excluding hydrogens is 196 g/mol. The van der Waals surface area contributed by atoms with Gasteiger partial charge < -0.3 is 5.01 Å². The molecule has 2 N–H and O–H groups in total. The molecule has 1 heterocycles. The third kappa shape index (κ3) is 2.38. The zero-order valence-corrected chi connectivity index (χ0v) is 10.2. The second-order valence-electron chi connectivity index (χ2n) is 4.72. The molecule has 1 unspecified atom stereocenters. The van der Waals surface area contributed by atoms with Crippen molar-refractivity contribution < 1.29 is 0 Å². The van der Waals surface area contributed by atoms with Gasteiger partial charge in [-0.05, 0) is 30.9 Å². The van der Waals surface area contributed by atoms with E-state index >= 15 is 0 Å². The lowest BCUT2D eigenvalue weighted by Crippen LogP contribution is -2.44. The van der Waals surface area contributed by atoms with Crippen molar-refractivity contribution in [2.45, 2.75) is 51.5 Å². The maximum Gasteiger partial charge on any atom is 0.0552 e. The van der Waals surface area contributed by atoms with Crippen LogP contribution < -0.4 is 10.9 Å². The molecule has 2 heteroatoms. The van der Waals surface area contributed by atoms with E-state index in [-0.39, 0.29) is 0 Å². The summed E-state index contributed by atoms with van der Waals surface area (Å²) < 4.78 is 0. The number of aryl methyl sites for hydroxylation is 1. The lowest BCUT2D eigenvalue weighted by atomic mass is 9.94. The Hall–Kier alpha value is -1.02. The van der Waals surface area contributed by atoms with Crippen LogP contribution in [0.1, 0.15) is 44.6 Å². The van der Waals surface area contributed by atoms with Crippen molar-refractivity contribution in [3.63, 3.8) is 0 Å². The summed E-state index contributed by atoms with van der Waals surface area (Å²) in [5, 5.41) is 1.99. The fraction of sp³-hybridized carbons (Fsp3) is 0.571. The summed E-state index contributed by atoms with van der Waals surface area (Å²) in [5.41, 5.74) is 2.63. The van der Waals surface area contributed by atoms with Gasteiger partial charge in [0.1, 0.15) is 0 Å². The Morgan fingerprint density at radius 1 is 1.31 bits per heavy atom. The molecule has 1 aliphatic rings. The van der Waals surface area contributed by atoms with Gasteiger partial charge in [-0.2, -0.15) is 0 Å². The minimum Gasteiger partial charge on any atom is -0.308 e. The van der Waals surface area contributed by atoms with Gasteiger partial charge in [-0.25, -0.2) is 5.84 Å². The number of fused-ring (bicyclic) bond motifs is 1. The van der Waals surface area contributed by atoms with E-state index in [0.29, 0.717) is 6.04 Å². The minimum absolute atomic E-state index is 0.543. The molecule has 0 bridgehead atoms. The van der Waals surface area contributed by atoms with Crippen LogP contribution in [0, 0.1) is 0 Å². The highest BCUT2D eigenvalue weighted by molar-refractivity contribution is 5.55. The molecule has 0 radical (unpaired) electrons. The van der Waals surface area contributed by atoms with Crippen molar-refractivity contribution in [3.8, 4) is 0 Å². The number of benzene rings is 1. The quantitative estimate of drug-likeness (QED) is 0.621. The van der Waals surface area contributed by atoms with E-state index in [1.54, 1.807) is 0 Å². The first-order chi connectivity index (χ1) is 7.83. The Morgan fingerprint density at radius 2 is 2.12 bits per heavy atom. The van der Waals surface area contributed by atoms with Crippen LogP contribution >= 0.6 is 0 Å². The normalized spacial score (nSPS) is 19.6. The van der Waals surface area contributed by atoms with E-state index < -0.39 is 0 Å². The molecule has 16 heavy (non-hydrogen) atoms. The van der Waals surface area contributed by atoms with E-state index in [1.807, 2.05) is 5.01 Å². The zero-order valence-electron chi connectivity index (χ0n) is 10.2. The maximum absolute atomic E-state index is 6.21. The topological polar surface area (TPSA) is 29.3 Å². The van der Waals surface area contributed by atoms with Crippen LogP contribution in [0.4, 0.5) is 5.69 Å². The number of hydrazine groups is 1. The van der Waals surface area contributed by atoms with Crippen LogP contribution in [0.3, 0.4) is 0 Å². The zero-order chi connectivity index (χ0) is 11.4. The second-order valence-corrected chi connectivity index (χ2v) is 4.72. The van der Waals surface area contributed by atoms with Crippen LogP contribution in [0.25, 0.3) is 0 Å². The molecule has 1 atom stereocenters. The molecule has 1 aromatic rings. The van der Waals surface area contributed by atoms with Crippen LogP contribution in [0.5, 0.6) is 0 Å². The SMILES string of the molecule is CCCCCC1CCc2ccccc2N1N. The molecule has 0 saturated heterocycles. The molecule has 0 spiro atoms. The first kappa shape index (κ1) is 11.5. The summed E-state index contributed by atoms with van der Waals surface area (Å²) in [6, 6.07) is 9.05. The van der Waals surface area contributed by atoms with Crippen LogP contribution in [-0.4, -0.2) is 6.04 Å². The number of rotatable bonds is 4.